The molecular formula is C14H23NO3. The van der Waals surface area contributed by atoms with Crippen molar-refractivity contribution in [3.8, 4) is 11.5 Å². The Morgan fingerprint density at radius 3 is 2.61 bits per heavy atom. The molecule has 4 heteroatoms. The number of aliphatic hydroxyl groups is 1. The lowest BCUT2D eigenvalue weighted by molar-refractivity contribution is 0.00775. The minimum atomic E-state index is -0.811. The van der Waals surface area contributed by atoms with Crippen LogP contribution < -0.4 is 14.8 Å². The number of hydrogen-bond acceptors (Lipinski definition) is 4. The van der Waals surface area contributed by atoms with E-state index in [-0.39, 0.29) is 6.61 Å². The lowest BCUT2D eigenvalue weighted by Gasteiger charge is -2.22. The summed E-state index contributed by atoms with van der Waals surface area (Å²) in [5.41, 5.74) is 0.318. The van der Waals surface area contributed by atoms with Gasteiger partial charge >= 0.3 is 0 Å². The van der Waals surface area contributed by atoms with Gasteiger partial charge in [-0.3, -0.25) is 0 Å². The summed E-state index contributed by atoms with van der Waals surface area (Å²) >= 11 is 0. The van der Waals surface area contributed by atoms with Crippen molar-refractivity contribution in [3.63, 3.8) is 0 Å². The van der Waals surface area contributed by atoms with E-state index in [1.807, 2.05) is 32.2 Å². The smallest absolute Gasteiger partial charge is 0.161 e. The Kier molecular flexibility index (Phi) is 5.44. The van der Waals surface area contributed by atoms with Gasteiger partial charge in [0.15, 0.2) is 11.5 Å². The summed E-state index contributed by atoms with van der Waals surface area (Å²) in [4.78, 5) is 0. The van der Waals surface area contributed by atoms with Crippen molar-refractivity contribution < 1.29 is 14.6 Å². The topological polar surface area (TPSA) is 50.7 Å². The highest BCUT2D eigenvalue weighted by Gasteiger charge is 2.19. The largest absolute Gasteiger partial charge is 0.493 e. The highest BCUT2D eigenvalue weighted by Crippen LogP contribution is 2.29. The van der Waals surface area contributed by atoms with Crippen molar-refractivity contribution in [1.82, 2.24) is 5.32 Å². The van der Waals surface area contributed by atoms with Gasteiger partial charge in [-0.15, -0.1) is 0 Å². The standard InChI is InChI=1S/C14H23NO3/c1-5-14(2,16)10-18-12-7-6-11(9-15-3)8-13(12)17-4/h6-8,15-16H,5,9-10H2,1-4H3. The Hall–Kier alpha value is -1.26. The summed E-state index contributed by atoms with van der Waals surface area (Å²) in [6, 6.07) is 5.79. The molecule has 0 aliphatic carbocycles. The zero-order valence-corrected chi connectivity index (χ0v) is 11.6. The second-order valence-corrected chi connectivity index (χ2v) is 4.65. The molecule has 0 amide bonds. The molecule has 1 aromatic rings. The van der Waals surface area contributed by atoms with Gasteiger partial charge in [0.1, 0.15) is 6.61 Å². The molecule has 0 aliphatic rings. The Morgan fingerprint density at radius 2 is 2.06 bits per heavy atom. The molecular weight excluding hydrogens is 230 g/mol. The molecule has 0 radical (unpaired) electrons. The van der Waals surface area contributed by atoms with Crippen molar-refractivity contribution in [1.29, 1.82) is 0 Å². The predicted octanol–water partition coefficient (Wildman–Crippen LogP) is 1.95. The zero-order valence-electron chi connectivity index (χ0n) is 11.6. The van der Waals surface area contributed by atoms with Crippen LogP contribution in [0.3, 0.4) is 0 Å². The lowest BCUT2D eigenvalue weighted by atomic mass is 10.1. The lowest BCUT2D eigenvalue weighted by Crippen LogP contribution is -2.31. The summed E-state index contributed by atoms with van der Waals surface area (Å²) in [6.45, 7) is 4.72. The summed E-state index contributed by atoms with van der Waals surface area (Å²) in [7, 11) is 3.51. The summed E-state index contributed by atoms with van der Waals surface area (Å²) < 4.78 is 10.9. The molecule has 1 rings (SSSR count). The summed E-state index contributed by atoms with van der Waals surface area (Å²) in [5, 5.41) is 13.0. The van der Waals surface area contributed by atoms with Crippen LogP contribution in [-0.4, -0.2) is 31.5 Å². The van der Waals surface area contributed by atoms with E-state index >= 15 is 0 Å². The average molecular weight is 253 g/mol. The van der Waals surface area contributed by atoms with Crippen LogP contribution in [0.2, 0.25) is 0 Å². The molecule has 0 bridgehead atoms. The van der Waals surface area contributed by atoms with Gasteiger partial charge in [-0.2, -0.15) is 0 Å². The first kappa shape index (κ1) is 14.8. The van der Waals surface area contributed by atoms with Crippen LogP contribution in [0.15, 0.2) is 18.2 Å². The van der Waals surface area contributed by atoms with Crippen molar-refractivity contribution in [3.05, 3.63) is 23.8 Å². The van der Waals surface area contributed by atoms with Crippen LogP contribution in [0.25, 0.3) is 0 Å². The number of rotatable bonds is 7. The molecule has 0 spiro atoms. The maximum atomic E-state index is 9.91. The Morgan fingerprint density at radius 1 is 1.33 bits per heavy atom. The zero-order chi connectivity index (χ0) is 13.6. The number of ether oxygens (including phenoxy) is 2. The van der Waals surface area contributed by atoms with Crippen LogP contribution in [0.1, 0.15) is 25.8 Å². The van der Waals surface area contributed by atoms with Crippen molar-refractivity contribution in [2.45, 2.75) is 32.4 Å². The second-order valence-electron chi connectivity index (χ2n) is 4.65. The van der Waals surface area contributed by atoms with E-state index in [0.717, 1.165) is 12.1 Å². The minimum absolute atomic E-state index is 0.255. The van der Waals surface area contributed by atoms with Crippen molar-refractivity contribution >= 4 is 0 Å². The fraction of sp³-hybridized carbons (Fsp3) is 0.571. The quantitative estimate of drug-likeness (QED) is 0.780. The third kappa shape index (κ3) is 4.20. The van der Waals surface area contributed by atoms with Gasteiger partial charge in [-0.05, 0) is 38.1 Å². The first-order valence-electron chi connectivity index (χ1n) is 6.19. The van der Waals surface area contributed by atoms with E-state index in [1.54, 1.807) is 14.0 Å². The molecule has 0 fully saturated rings. The maximum absolute atomic E-state index is 9.91. The highest BCUT2D eigenvalue weighted by molar-refractivity contribution is 5.43. The first-order chi connectivity index (χ1) is 8.52. The van der Waals surface area contributed by atoms with Crippen LogP contribution >= 0.6 is 0 Å². The molecule has 0 saturated carbocycles. The van der Waals surface area contributed by atoms with Gasteiger partial charge in [0.05, 0.1) is 12.7 Å². The van der Waals surface area contributed by atoms with Gasteiger partial charge in [-0.1, -0.05) is 13.0 Å². The molecule has 1 atom stereocenters. The molecule has 1 unspecified atom stereocenters. The maximum Gasteiger partial charge on any atom is 0.161 e. The number of nitrogens with one attached hydrogen (secondary N) is 1. The Labute approximate surface area is 109 Å². The molecule has 2 N–H and O–H groups in total. The Balaban J connectivity index is 2.76. The summed E-state index contributed by atoms with van der Waals surface area (Å²) in [5.74, 6) is 1.35. The van der Waals surface area contributed by atoms with Crippen LogP contribution in [-0.2, 0) is 6.54 Å². The Bertz CT molecular complexity index is 377. The van der Waals surface area contributed by atoms with Crippen LogP contribution in [0, 0.1) is 0 Å². The fourth-order valence-corrected chi connectivity index (χ4v) is 1.48. The van der Waals surface area contributed by atoms with E-state index in [0.29, 0.717) is 17.9 Å². The third-order valence-electron chi connectivity index (χ3n) is 2.91. The van der Waals surface area contributed by atoms with Gasteiger partial charge in [0, 0.05) is 6.54 Å². The normalized spacial score (nSPS) is 14.1. The molecule has 0 saturated heterocycles. The van der Waals surface area contributed by atoms with E-state index in [2.05, 4.69) is 5.32 Å². The molecule has 1 aromatic carbocycles. The van der Waals surface area contributed by atoms with Gasteiger partial charge < -0.3 is 19.9 Å². The average Bonchev–Trinajstić information content (AvgIpc) is 2.37. The number of methoxy groups -OCH3 is 1. The molecule has 18 heavy (non-hydrogen) atoms. The van der Waals surface area contributed by atoms with Crippen molar-refractivity contribution in [2.24, 2.45) is 0 Å². The van der Waals surface area contributed by atoms with Crippen LogP contribution in [0.4, 0.5) is 0 Å². The van der Waals surface area contributed by atoms with E-state index in [4.69, 9.17) is 9.47 Å². The number of hydrogen-bond donors (Lipinski definition) is 2. The third-order valence-corrected chi connectivity index (χ3v) is 2.91. The van der Waals surface area contributed by atoms with E-state index in [1.165, 1.54) is 0 Å². The molecule has 0 aromatic heterocycles. The number of benzene rings is 1. The monoisotopic (exact) mass is 253 g/mol. The SMILES string of the molecule is CCC(C)(O)COc1ccc(CNC)cc1OC. The fourth-order valence-electron chi connectivity index (χ4n) is 1.48. The van der Waals surface area contributed by atoms with E-state index in [9.17, 15) is 5.11 Å². The second kappa shape index (κ2) is 6.61. The summed E-state index contributed by atoms with van der Waals surface area (Å²) in [6.07, 6.45) is 0.646. The molecule has 0 heterocycles. The predicted molar refractivity (Wildman–Crippen MR) is 72.2 cm³/mol. The molecule has 0 aliphatic heterocycles. The highest BCUT2D eigenvalue weighted by atomic mass is 16.5. The minimum Gasteiger partial charge on any atom is -0.493 e. The molecule has 4 nitrogen and oxygen atoms in total. The molecule has 102 valence electrons. The van der Waals surface area contributed by atoms with Crippen molar-refractivity contribution in [2.75, 3.05) is 20.8 Å². The van der Waals surface area contributed by atoms with Gasteiger partial charge in [0.25, 0.3) is 0 Å². The van der Waals surface area contributed by atoms with Crippen LogP contribution in [0.5, 0.6) is 11.5 Å². The van der Waals surface area contributed by atoms with Gasteiger partial charge in [0.2, 0.25) is 0 Å². The van der Waals surface area contributed by atoms with Gasteiger partial charge in [-0.25, -0.2) is 0 Å². The first-order valence-corrected chi connectivity index (χ1v) is 6.19. The van der Waals surface area contributed by atoms with E-state index < -0.39 is 5.60 Å².